The summed E-state index contributed by atoms with van der Waals surface area (Å²) in [5.74, 6) is 1.71. The molecule has 5 heteroatoms. The van der Waals surface area contributed by atoms with Crippen LogP contribution >= 0.6 is 11.3 Å². The van der Waals surface area contributed by atoms with Gasteiger partial charge < -0.3 is 10.6 Å². The molecule has 0 bridgehead atoms. The highest BCUT2D eigenvalue weighted by Crippen LogP contribution is 2.24. The van der Waals surface area contributed by atoms with Crippen molar-refractivity contribution in [1.82, 2.24) is 15.6 Å². The molecule has 0 aromatic carbocycles. The minimum atomic E-state index is 0.118. The minimum absolute atomic E-state index is 0.118. The van der Waals surface area contributed by atoms with E-state index in [1.54, 1.807) is 11.3 Å². The summed E-state index contributed by atoms with van der Waals surface area (Å²) < 4.78 is 0. The Kier molecular flexibility index (Phi) is 5.84. The van der Waals surface area contributed by atoms with Gasteiger partial charge in [0.25, 0.3) is 0 Å². The lowest BCUT2D eigenvalue weighted by Gasteiger charge is -2.28. The van der Waals surface area contributed by atoms with E-state index in [4.69, 9.17) is 4.98 Å². The molecule has 2 N–H and O–H groups in total. The van der Waals surface area contributed by atoms with Crippen LogP contribution in [0.1, 0.15) is 64.1 Å². The molecule has 1 fully saturated rings. The van der Waals surface area contributed by atoms with Crippen molar-refractivity contribution in [3.05, 3.63) is 16.1 Å². The fourth-order valence-corrected chi connectivity index (χ4v) is 3.81. The fraction of sp³-hybridized carbons (Fsp3) is 0.765. The number of nitrogens with zero attached hydrogens (tertiary/aromatic N) is 2. The molecular weight excluding hydrogens is 292 g/mol. The van der Waals surface area contributed by atoms with Crippen molar-refractivity contribution >= 4 is 17.3 Å². The molecule has 124 valence electrons. The minimum Gasteiger partial charge on any atom is -0.354 e. The van der Waals surface area contributed by atoms with Gasteiger partial charge in [0.15, 0.2) is 5.96 Å². The van der Waals surface area contributed by atoms with Crippen molar-refractivity contribution in [3.63, 3.8) is 0 Å². The predicted octanol–water partition coefficient (Wildman–Crippen LogP) is 3.68. The van der Waals surface area contributed by atoms with Crippen LogP contribution in [0, 0.1) is 5.92 Å². The summed E-state index contributed by atoms with van der Waals surface area (Å²) in [7, 11) is 1.84. The molecular formula is C17H30N4S. The molecule has 0 aliphatic heterocycles. The van der Waals surface area contributed by atoms with Gasteiger partial charge in [-0.3, -0.25) is 4.99 Å². The normalized spacial score (nSPS) is 23.4. The quantitative estimate of drug-likeness (QED) is 0.659. The lowest BCUT2D eigenvalue weighted by atomic mass is 9.87. The first-order valence-corrected chi connectivity index (χ1v) is 9.18. The van der Waals surface area contributed by atoms with Crippen LogP contribution in [0.3, 0.4) is 0 Å². The zero-order chi connectivity index (χ0) is 16.2. The maximum atomic E-state index is 4.72. The Hall–Kier alpha value is -1.10. The van der Waals surface area contributed by atoms with Crippen molar-refractivity contribution in [3.8, 4) is 0 Å². The molecule has 2 rings (SSSR count). The zero-order valence-electron chi connectivity index (χ0n) is 14.6. The first-order chi connectivity index (χ1) is 10.4. The number of thiazole rings is 1. The Morgan fingerprint density at radius 3 is 2.77 bits per heavy atom. The van der Waals surface area contributed by atoms with Gasteiger partial charge in [0.2, 0.25) is 0 Å². The van der Waals surface area contributed by atoms with E-state index in [1.165, 1.54) is 31.4 Å². The Balaban J connectivity index is 1.85. The molecule has 4 nitrogen and oxygen atoms in total. The van der Waals surface area contributed by atoms with Gasteiger partial charge in [-0.1, -0.05) is 40.5 Å². The zero-order valence-corrected chi connectivity index (χ0v) is 15.4. The van der Waals surface area contributed by atoms with E-state index >= 15 is 0 Å². The highest BCUT2D eigenvalue weighted by Gasteiger charge is 2.20. The highest BCUT2D eigenvalue weighted by atomic mass is 32.1. The van der Waals surface area contributed by atoms with Crippen molar-refractivity contribution in [2.75, 3.05) is 7.05 Å². The van der Waals surface area contributed by atoms with E-state index in [-0.39, 0.29) is 5.41 Å². The second kappa shape index (κ2) is 7.44. The second-order valence-corrected chi connectivity index (χ2v) is 8.36. The average molecular weight is 323 g/mol. The van der Waals surface area contributed by atoms with Gasteiger partial charge in [-0.05, 0) is 18.8 Å². The standard InChI is InChI=1S/C17H30N4S/c1-12-7-6-8-13(9-12)20-16(18-5)19-10-15-21-14(11-22-15)17(2,3)4/h11-13H,6-10H2,1-5H3,(H2,18,19,20). The third-order valence-electron chi connectivity index (χ3n) is 4.23. The summed E-state index contributed by atoms with van der Waals surface area (Å²) in [6.45, 7) is 9.67. The van der Waals surface area contributed by atoms with Gasteiger partial charge in [0.05, 0.1) is 12.2 Å². The van der Waals surface area contributed by atoms with E-state index in [9.17, 15) is 0 Å². The smallest absolute Gasteiger partial charge is 0.191 e. The monoisotopic (exact) mass is 322 g/mol. The molecule has 2 unspecified atom stereocenters. The second-order valence-electron chi connectivity index (χ2n) is 7.42. The lowest BCUT2D eigenvalue weighted by molar-refractivity contribution is 0.324. The van der Waals surface area contributed by atoms with Crippen LogP contribution in [0.4, 0.5) is 0 Å². The molecule has 0 saturated heterocycles. The van der Waals surface area contributed by atoms with Crippen LogP contribution in [0.15, 0.2) is 10.4 Å². The van der Waals surface area contributed by atoms with Crippen LogP contribution in [-0.4, -0.2) is 24.0 Å². The summed E-state index contributed by atoms with van der Waals surface area (Å²) in [5.41, 5.74) is 1.28. The van der Waals surface area contributed by atoms with Crippen LogP contribution in [0.2, 0.25) is 0 Å². The third-order valence-corrected chi connectivity index (χ3v) is 5.08. The topological polar surface area (TPSA) is 49.3 Å². The molecule has 2 atom stereocenters. The van der Waals surface area contributed by atoms with Gasteiger partial charge in [0.1, 0.15) is 5.01 Å². The van der Waals surface area contributed by atoms with Crippen molar-refractivity contribution in [2.24, 2.45) is 10.9 Å². The Bertz CT molecular complexity index is 501. The van der Waals surface area contributed by atoms with Crippen molar-refractivity contribution < 1.29 is 0 Å². The predicted molar refractivity (Wildman–Crippen MR) is 95.6 cm³/mol. The Labute approximate surface area is 138 Å². The van der Waals surface area contributed by atoms with Gasteiger partial charge in [-0.2, -0.15) is 0 Å². The first-order valence-electron chi connectivity index (χ1n) is 8.30. The van der Waals surface area contributed by atoms with E-state index in [2.05, 4.69) is 48.7 Å². The largest absolute Gasteiger partial charge is 0.354 e. The number of hydrogen-bond donors (Lipinski definition) is 2. The average Bonchev–Trinajstić information content (AvgIpc) is 2.92. The summed E-state index contributed by atoms with van der Waals surface area (Å²) in [6.07, 6.45) is 5.17. The molecule has 1 aromatic rings. The van der Waals surface area contributed by atoms with Crippen LogP contribution < -0.4 is 10.6 Å². The molecule has 0 spiro atoms. The third kappa shape index (κ3) is 4.97. The molecule has 1 heterocycles. The van der Waals surface area contributed by atoms with Gasteiger partial charge in [-0.15, -0.1) is 11.3 Å². The Morgan fingerprint density at radius 1 is 1.41 bits per heavy atom. The van der Waals surface area contributed by atoms with Crippen LogP contribution in [-0.2, 0) is 12.0 Å². The van der Waals surface area contributed by atoms with E-state index in [0.29, 0.717) is 6.04 Å². The first kappa shape index (κ1) is 17.3. The van der Waals surface area contributed by atoms with E-state index in [0.717, 1.165) is 23.4 Å². The summed E-state index contributed by atoms with van der Waals surface area (Å²) in [5, 5.41) is 10.2. The highest BCUT2D eigenvalue weighted by molar-refractivity contribution is 7.09. The molecule has 0 radical (unpaired) electrons. The van der Waals surface area contributed by atoms with Gasteiger partial charge in [-0.25, -0.2) is 4.98 Å². The summed E-state index contributed by atoms with van der Waals surface area (Å²) in [6, 6.07) is 0.552. The Morgan fingerprint density at radius 2 is 2.18 bits per heavy atom. The van der Waals surface area contributed by atoms with Gasteiger partial charge in [0, 0.05) is 23.9 Å². The van der Waals surface area contributed by atoms with Crippen LogP contribution in [0.5, 0.6) is 0 Å². The SMILES string of the molecule is CN=C(NCc1nc(C(C)(C)C)cs1)NC1CCCC(C)C1. The van der Waals surface area contributed by atoms with E-state index in [1.807, 2.05) is 7.05 Å². The van der Waals surface area contributed by atoms with Gasteiger partial charge >= 0.3 is 0 Å². The molecule has 1 saturated carbocycles. The van der Waals surface area contributed by atoms with Crippen molar-refractivity contribution in [2.45, 2.75) is 71.4 Å². The van der Waals surface area contributed by atoms with Crippen molar-refractivity contribution in [1.29, 1.82) is 0 Å². The summed E-state index contributed by atoms with van der Waals surface area (Å²) >= 11 is 1.72. The molecule has 1 aliphatic rings. The number of guanidine groups is 1. The molecule has 1 aliphatic carbocycles. The fourth-order valence-electron chi connectivity index (χ4n) is 2.85. The molecule has 0 amide bonds. The lowest BCUT2D eigenvalue weighted by Crippen LogP contribution is -2.44. The number of hydrogen-bond acceptors (Lipinski definition) is 3. The summed E-state index contributed by atoms with van der Waals surface area (Å²) in [4.78, 5) is 9.07. The number of aromatic nitrogens is 1. The number of rotatable bonds is 3. The maximum absolute atomic E-state index is 4.72. The maximum Gasteiger partial charge on any atom is 0.191 e. The van der Waals surface area contributed by atoms with Crippen LogP contribution in [0.25, 0.3) is 0 Å². The number of nitrogens with one attached hydrogen (secondary N) is 2. The molecule has 22 heavy (non-hydrogen) atoms. The number of aliphatic imine (C=N–C) groups is 1. The van der Waals surface area contributed by atoms with E-state index < -0.39 is 0 Å². The molecule has 1 aromatic heterocycles.